The molecular formula is C11H11N5O4S. The number of aromatic amines is 1. The summed E-state index contributed by atoms with van der Waals surface area (Å²) in [6, 6.07) is 2.90. The maximum Gasteiger partial charge on any atom is 0.315 e. The van der Waals surface area contributed by atoms with Gasteiger partial charge in [-0.1, -0.05) is 0 Å². The van der Waals surface area contributed by atoms with Gasteiger partial charge in [0.15, 0.2) is 5.75 Å². The Morgan fingerprint density at radius 3 is 2.76 bits per heavy atom. The molecule has 1 heterocycles. The van der Waals surface area contributed by atoms with Crippen LogP contribution < -0.4 is 9.47 Å². The third-order valence-corrected chi connectivity index (χ3v) is 2.82. The van der Waals surface area contributed by atoms with Crippen LogP contribution in [0.1, 0.15) is 5.56 Å². The second kappa shape index (κ2) is 6.13. The molecule has 0 aliphatic carbocycles. The van der Waals surface area contributed by atoms with E-state index in [0.717, 1.165) is 0 Å². The fourth-order valence-corrected chi connectivity index (χ4v) is 1.78. The number of rotatable bonds is 5. The Balaban J connectivity index is 2.47. The Kier molecular flexibility index (Phi) is 4.28. The molecule has 110 valence electrons. The Hall–Kier alpha value is -2.75. The lowest BCUT2D eigenvalue weighted by Crippen LogP contribution is -1.99. The van der Waals surface area contributed by atoms with Crippen molar-refractivity contribution < 1.29 is 14.4 Å². The Morgan fingerprint density at radius 2 is 2.24 bits per heavy atom. The number of aromatic nitrogens is 3. The number of ether oxygens (including phenoxy) is 2. The molecule has 1 aromatic heterocycles. The normalized spacial score (nSPS) is 10.8. The van der Waals surface area contributed by atoms with Crippen molar-refractivity contribution in [2.45, 2.75) is 0 Å². The molecule has 1 N–H and O–H groups in total. The van der Waals surface area contributed by atoms with Gasteiger partial charge in [0.1, 0.15) is 6.33 Å². The molecule has 2 aromatic rings. The lowest BCUT2D eigenvalue weighted by atomic mass is 10.2. The molecular weight excluding hydrogens is 298 g/mol. The van der Waals surface area contributed by atoms with Crippen molar-refractivity contribution >= 4 is 24.1 Å². The SMILES string of the molecule is COc1cc(/C=N\n2cn[nH]c2=S)cc([N+](=O)[O-])c1OC. The van der Waals surface area contributed by atoms with Gasteiger partial charge in [-0.05, 0) is 18.3 Å². The van der Waals surface area contributed by atoms with Gasteiger partial charge in [-0.2, -0.15) is 14.9 Å². The Morgan fingerprint density at radius 1 is 1.48 bits per heavy atom. The van der Waals surface area contributed by atoms with Crippen molar-refractivity contribution in [1.29, 1.82) is 0 Å². The summed E-state index contributed by atoms with van der Waals surface area (Å²) in [6.45, 7) is 0. The molecule has 0 unspecified atom stereocenters. The number of hydrogen-bond acceptors (Lipinski definition) is 7. The van der Waals surface area contributed by atoms with Gasteiger partial charge in [-0.15, -0.1) is 0 Å². The number of methoxy groups -OCH3 is 2. The number of nitro benzene ring substituents is 1. The van der Waals surface area contributed by atoms with Gasteiger partial charge in [0.2, 0.25) is 10.5 Å². The van der Waals surface area contributed by atoms with Crippen molar-refractivity contribution in [3.05, 3.63) is 38.9 Å². The lowest BCUT2D eigenvalue weighted by Gasteiger charge is -2.08. The first-order chi connectivity index (χ1) is 10.1. The molecule has 1 aromatic carbocycles. The average molecular weight is 309 g/mol. The van der Waals surface area contributed by atoms with E-state index in [2.05, 4.69) is 15.3 Å². The van der Waals surface area contributed by atoms with Gasteiger partial charge >= 0.3 is 5.69 Å². The first-order valence-electron chi connectivity index (χ1n) is 5.63. The summed E-state index contributed by atoms with van der Waals surface area (Å²) >= 11 is 4.93. The number of nitro groups is 1. The van der Waals surface area contributed by atoms with Crippen LogP contribution in [-0.2, 0) is 0 Å². The largest absolute Gasteiger partial charge is 0.493 e. The molecule has 10 heteroatoms. The van der Waals surface area contributed by atoms with Crippen molar-refractivity contribution in [2.24, 2.45) is 5.10 Å². The Labute approximate surface area is 124 Å². The van der Waals surface area contributed by atoms with E-state index >= 15 is 0 Å². The van der Waals surface area contributed by atoms with Crippen LogP contribution in [0.2, 0.25) is 0 Å². The monoisotopic (exact) mass is 309 g/mol. The predicted octanol–water partition coefficient (Wildman–Crippen LogP) is 1.75. The van der Waals surface area contributed by atoms with Gasteiger partial charge in [-0.3, -0.25) is 15.2 Å². The van der Waals surface area contributed by atoms with Crippen molar-refractivity contribution in [1.82, 2.24) is 14.9 Å². The van der Waals surface area contributed by atoms with Crippen LogP contribution in [-0.4, -0.2) is 40.2 Å². The zero-order valence-electron chi connectivity index (χ0n) is 11.1. The molecule has 0 saturated carbocycles. The van der Waals surface area contributed by atoms with Crippen LogP contribution in [0.3, 0.4) is 0 Å². The highest BCUT2D eigenvalue weighted by Crippen LogP contribution is 2.37. The summed E-state index contributed by atoms with van der Waals surface area (Å²) < 4.78 is 11.7. The molecule has 2 rings (SSSR count). The topological polar surface area (TPSA) is 108 Å². The minimum atomic E-state index is -0.553. The molecule has 0 aliphatic heterocycles. The average Bonchev–Trinajstić information content (AvgIpc) is 2.89. The quantitative estimate of drug-likeness (QED) is 0.390. The Bertz CT molecular complexity index is 751. The molecule has 21 heavy (non-hydrogen) atoms. The number of benzene rings is 1. The van der Waals surface area contributed by atoms with Crippen LogP contribution in [0.25, 0.3) is 0 Å². The van der Waals surface area contributed by atoms with E-state index in [1.165, 1.54) is 37.5 Å². The van der Waals surface area contributed by atoms with Crippen molar-refractivity contribution in [3.63, 3.8) is 0 Å². The van der Waals surface area contributed by atoms with Gasteiger partial charge in [-0.25, -0.2) is 0 Å². The molecule has 0 bridgehead atoms. The van der Waals surface area contributed by atoms with Crippen molar-refractivity contribution in [3.8, 4) is 11.5 Å². The minimum absolute atomic E-state index is 0.0552. The second-order valence-electron chi connectivity index (χ2n) is 3.78. The zero-order valence-corrected chi connectivity index (χ0v) is 12.0. The van der Waals surface area contributed by atoms with Crippen LogP contribution in [0.4, 0.5) is 5.69 Å². The van der Waals surface area contributed by atoms with Gasteiger partial charge in [0.25, 0.3) is 0 Å². The van der Waals surface area contributed by atoms with E-state index in [-0.39, 0.29) is 17.2 Å². The molecule has 0 atom stereocenters. The third kappa shape index (κ3) is 3.05. The highest BCUT2D eigenvalue weighted by molar-refractivity contribution is 7.71. The van der Waals surface area contributed by atoms with E-state index in [9.17, 15) is 10.1 Å². The van der Waals surface area contributed by atoms with E-state index in [4.69, 9.17) is 21.7 Å². The summed E-state index contributed by atoms with van der Waals surface area (Å²) in [4.78, 5) is 10.5. The minimum Gasteiger partial charge on any atom is -0.493 e. The lowest BCUT2D eigenvalue weighted by molar-refractivity contribution is -0.385. The smallest absolute Gasteiger partial charge is 0.315 e. The third-order valence-electron chi connectivity index (χ3n) is 2.54. The summed E-state index contributed by atoms with van der Waals surface area (Å²) in [5.41, 5.74) is 0.247. The standard InChI is InChI=1S/C11H11N5O4S/c1-19-9-4-7(3-8(16(17)18)10(9)20-2)5-13-15-6-12-14-11(15)21/h3-6H,1-2H3,(H,14,21)/b13-5-. The van der Waals surface area contributed by atoms with E-state index < -0.39 is 4.92 Å². The first kappa shape index (κ1) is 14.7. The predicted molar refractivity (Wildman–Crippen MR) is 76.6 cm³/mol. The molecule has 0 saturated heterocycles. The molecule has 0 fully saturated rings. The van der Waals surface area contributed by atoms with E-state index in [1.54, 1.807) is 6.07 Å². The number of hydrogen-bond donors (Lipinski definition) is 1. The first-order valence-corrected chi connectivity index (χ1v) is 6.04. The molecule has 0 radical (unpaired) electrons. The van der Waals surface area contributed by atoms with Crippen LogP contribution in [0, 0.1) is 14.9 Å². The number of H-pyrrole nitrogens is 1. The van der Waals surface area contributed by atoms with E-state index in [1.807, 2.05) is 0 Å². The van der Waals surface area contributed by atoms with Crippen molar-refractivity contribution in [2.75, 3.05) is 14.2 Å². The second-order valence-corrected chi connectivity index (χ2v) is 4.17. The maximum absolute atomic E-state index is 11.1. The van der Waals surface area contributed by atoms with Gasteiger partial charge < -0.3 is 9.47 Å². The van der Waals surface area contributed by atoms with Gasteiger partial charge in [0, 0.05) is 11.6 Å². The highest BCUT2D eigenvalue weighted by atomic mass is 32.1. The van der Waals surface area contributed by atoms with Gasteiger partial charge in [0.05, 0.1) is 25.4 Å². The molecule has 0 amide bonds. The summed E-state index contributed by atoms with van der Waals surface area (Å²) in [5.74, 6) is 0.295. The maximum atomic E-state index is 11.1. The fourth-order valence-electron chi connectivity index (χ4n) is 1.63. The van der Waals surface area contributed by atoms with Crippen LogP contribution >= 0.6 is 12.2 Å². The molecule has 0 spiro atoms. The molecule has 0 aliphatic rings. The summed E-state index contributed by atoms with van der Waals surface area (Å²) in [5, 5.41) is 21.4. The fraction of sp³-hybridized carbons (Fsp3) is 0.182. The van der Waals surface area contributed by atoms with Crippen LogP contribution in [0.5, 0.6) is 11.5 Å². The highest BCUT2D eigenvalue weighted by Gasteiger charge is 2.21. The molecule has 9 nitrogen and oxygen atoms in total. The van der Waals surface area contributed by atoms with Crippen LogP contribution in [0.15, 0.2) is 23.6 Å². The number of nitrogens with zero attached hydrogens (tertiary/aromatic N) is 4. The summed E-state index contributed by atoms with van der Waals surface area (Å²) in [7, 11) is 2.73. The summed E-state index contributed by atoms with van der Waals surface area (Å²) in [6.07, 6.45) is 2.79. The van der Waals surface area contributed by atoms with E-state index in [0.29, 0.717) is 10.3 Å². The number of nitrogens with one attached hydrogen (secondary N) is 1. The zero-order chi connectivity index (χ0) is 15.4.